The second-order valence-electron chi connectivity index (χ2n) is 5.16. The maximum atomic E-state index is 4.42. The smallest absolute Gasteiger partial charge is 0.0206 e. The molecule has 109 valence electrons. The quantitative estimate of drug-likeness (QED) is 0.599. The van der Waals surface area contributed by atoms with Gasteiger partial charge in [-0.05, 0) is 18.3 Å². The monoisotopic (exact) mass is 363 g/mol. The van der Waals surface area contributed by atoms with Gasteiger partial charge in [0.2, 0.25) is 0 Å². The minimum atomic E-state index is 0. The molecule has 22 heavy (non-hydrogen) atoms. The van der Waals surface area contributed by atoms with Crippen molar-refractivity contribution < 1.29 is 32.7 Å². The number of hydrogen-bond donors (Lipinski definition) is 0. The van der Waals surface area contributed by atoms with E-state index in [1.54, 1.807) is 0 Å². The Bertz CT molecular complexity index is 620. The Morgan fingerprint density at radius 2 is 1.68 bits per heavy atom. The fraction of sp³-hybridized carbons (Fsp3) is 0.211. The molecule has 2 aromatic carbocycles. The van der Waals surface area contributed by atoms with Crippen LogP contribution >= 0.6 is 0 Å². The van der Waals surface area contributed by atoms with Crippen LogP contribution in [0, 0.1) is 6.08 Å². The third-order valence-corrected chi connectivity index (χ3v) is 3.51. The largest absolute Gasteiger partial charge is 0.513 e. The van der Waals surface area contributed by atoms with Crippen molar-refractivity contribution in [2.24, 2.45) is 4.99 Å². The number of rotatable bonds is 4. The Morgan fingerprint density at radius 3 is 2.32 bits per heavy atom. The predicted octanol–water partition coefficient (Wildman–Crippen LogP) is 3.57. The van der Waals surface area contributed by atoms with E-state index in [1.165, 1.54) is 5.56 Å². The molecule has 0 aromatic heterocycles. The fourth-order valence-corrected chi connectivity index (χ4v) is 2.35. The molecule has 0 spiro atoms. The van der Waals surface area contributed by atoms with Gasteiger partial charge in [-0.25, -0.2) is 5.70 Å². The fourth-order valence-electron chi connectivity index (χ4n) is 2.35. The minimum Gasteiger partial charge on any atom is -0.513 e. The van der Waals surface area contributed by atoms with Crippen LogP contribution in [0.4, 0.5) is 0 Å². The standard InChI is InChI=1S/C19H18N2.Y/c1-3-7-17(8-4-1)15-20-19-11-13-21(14-12-19)16-18-9-5-2-6-10-18;/h1-10H,11,13-14,16H2;/q-2;. The number of nitrogens with zero attached hydrogens (tertiary/aromatic N) is 2. The maximum absolute atomic E-state index is 4.42. The molecule has 1 aliphatic heterocycles. The molecule has 0 aliphatic carbocycles. The van der Waals surface area contributed by atoms with Gasteiger partial charge in [-0.15, -0.1) is 36.4 Å². The Morgan fingerprint density at radius 1 is 1.00 bits per heavy atom. The molecule has 3 heteroatoms. The van der Waals surface area contributed by atoms with E-state index in [1.807, 2.05) is 30.3 Å². The van der Waals surface area contributed by atoms with E-state index >= 15 is 0 Å². The molecule has 2 nitrogen and oxygen atoms in total. The Kier molecular flexibility index (Phi) is 7.18. The van der Waals surface area contributed by atoms with Crippen LogP contribution in [0.1, 0.15) is 17.5 Å². The first-order chi connectivity index (χ1) is 10.4. The van der Waals surface area contributed by atoms with Crippen LogP contribution in [0.5, 0.6) is 0 Å². The Labute approximate surface area is 157 Å². The van der Waals surface area contributed by atoms with Crippen LogP contribution in [0.3, 0.4) is 0 Å². The van der Waals surface area contributed by atoms with Crippen molar-refractivity contribution in [2.75, 3.05) is 13.1 Å². The topological polar surface area (TPSA) is 15.6 Å². The summed E-state index contributed by atoms with van der Waals surface area (Å²) in [6, 6.07) is 20.6. The molecule has 0 unspecified atom stereocenters. The summed E-state index contributed by atoms with van der Waals surface area (Å²) in [5, 5.41) is 0. The molecule has 2 aromatic rings. The van der Waals surface area contributed by atoms with Crippen LogP contribution in [0.2, 0.25) is 0 Å². The van der Waals surface area contributed by atoms with Gasteiger partial charge in [0, 0.05) is 39.3 Å². The van der Waals surface area contributed by atoms with E-state index in [4.69, 9.17) is 0 Å². The molecular formula is C19H18N2Y-2. The molecule has 0 amide bonds. The first-order valence-electron chi connectivity index (χ1n) is 7.28. The minimum absolute atomic E-state index is 0. The number of aliphatic imine (C=N–C) groups is 1. The van der Waals surface area contributed by atoms with E-state index in [-0.39, 0.29) is 32.7 Å². The van der Waals surface area contributed by atoms with Gasteiger partial charge in [-0.2, -0.15) is 0 Å². The summed E-state index contributed by atoms with van der Waals surface area (Å²) in [6.45, 7) is 2.84. The van der Waals surface area contributed by atoms with Crippen molar-refractivity contribution in [3.8, 4) is 0 Å². The normalized spacial score (nSPS) is 15.4. The van der Waals surface area contributed by atoms with Gasteiger partial charge in [-0.1, -0.05) is 42.8 Å². The average Bonchev–Trinajstić information content (AvgIpc) is 2.56. The molecule has 3 rings (SSSR count). The van der Waals surface area contributed by atoms with Crippen molar-refractivity contribution in [3.63, 3.8) is 0 Å². The molecular weight excluding hydrogens is 345 g/mol. The molecule has 1 heterocycles. The van der Waals surface area contributed by atoms with Crippen LogP contribution in [0.25, 0.3) is 0 Å². The summed E-state index contributed by atoms with van der Waals surface area (Å²) >= 11 is 0. The zero-order valence-corrected chi connectivity index (χ0v) is 15.4. The van der Waals surface area contributed by atoms with Crippen LogP contribution < -0.4 is 0 Å². The van der Waals surface area contributed by atoms with Crippen molar-refractivity contribution >= 4 is 6.21 Å². The average molecular weight is 363 g/mol. The van der Waals surface area contributed by atoms with Gasteiger partial charge in [-0.3, -0.25) is 0 Å². The van der Waals surface area contributed by atoms with E-state index in [2.05, 4.69) is 52.5 Å². The van der Waals surface area contributed by atoms with Crippen molar-refractivity contribution in [2.45, 2.75) is 13.0 Å². The van der Waals surface area contributed by atoms with E-state index < -0.39 is 0 Å². The Hall–Kier alpha value is -1.09. The number of hydrogen-bond acceptors (Lipinski definition) is 2. The van der Waals surface area contributed by atoms with E-state index in [0.29, 0.717) is 0 Å². The van der Waals surface area contributed by atoms with Gasteiger partial charge in [0.15, 0.2) is 0 Å². The van der Waals surface area contributed by atoms with Crippen LogP contribution in [-0.4, -0.2) is 24.2 Å². The van der Waals surface area contributed by atoms with Gasteiger partial charge >= 0.3 is 0 Å². The van der Waals surface area contributed by atoms with Crippen molar-refractivity contribution in [3.05, 3.63) is 83.6 Å². The molecule has 0 saturated carbocycles. The first kappa shape index (κ1) is 17.3. The summed E-state index contributed by atoms with van der Waals surface area (Å²) in [6.07, 6.45) is 7.40. The molecule has 0 bridgehead atoms. The molecule has 0 N–H and O–H groups in total. The van der Waals surface area contributed by atoms with E-state index in [0.717, 1.165) is 37.3 Å². The molecule has 0 atom stereocenters. The first-order valence-corrected chi connectivity index (χ1v) is 7.28. The van der Waals surface area contributed by atoms with Crippen molar-refractivity contribution in [1.29, 1.82) is 0 Å². The second kappa shape index (κ2) is 9.14. The van der Waals surface area contributed by atoms with Crippen LogP contribution in [0.15, 0.2) is 71.4 Å². The third-order valence-electron chi connectivity index (χ3n) is 3.51. The van der Waals surface area contributed by atoms with Gasteiger partial charge in [0.1, 0.15) is 0 Å². The molecule has 0 fully saturated rings. The maximum Gasteiger partial charge on any atom is 0.0206 e. The zero-order chi connectivity index (χ0) is 14.3. The summed E-state index contributed by atoms with van der Waals surface area (Å²) in [5.41, 5.74) is 3.38. The molecule has 0 saturated heterocycles. The molecule has 1 radical (unpaired) electrons. The Balaban J connectivity index is 0.00000176. The van der Waals surface area contributed by atoms with Gasteiger partial charge < -0.3 is 16.0 Å². The second-order valence-corrected chi connectivity index (χ2v) is 5.16. The summed E-state index contributed by atoms with van der Waals surface area (Å²) in [4.78, 5) is 6.81. The summed E-state index contributed by atoms with van der Waals surface area (Å²) in [7, 11) is 0. The predicted molar refractivity (Wildman–Crippen MR) is 86.1 cm³/mol. The van der Waals surface area contributed by atoms with Gasteiger partial charge in [0.25, 0.3) is 0 Å². The van der Waals surface area contributed by atoms with Crippen molar-refractivity contribution in [1.82, 2.24) is 4.90 Å². The SMILES string of the molecule is [C-](=NC1=[C-]CN(Cc2ccccc2)CC1)c1ccccc1.[Y]. The third kappa shape index (κ3) is 5.28. The van der Waals surface area contributed by atoms with Crippen LogP contribution in [-0.2, 0) is 39.3 Å². The van der Waals surface area contributed by atoms with E-state index in [9.17, 15) is 0 Å². The van der Waals surface area contributed by atoms with Gasteiger partial charge in [0.05, 0.1) is 0 Å². The zero-order valence-electron chi connectivity index (χ0n) is 12.6. The summed E-state index contributed by atoms with van der Waals surface area (Å²) < 4.78 is 0. The number of benzene rings is 2. The summed E-state index contributed by atoms with van der Waals surface area (Å²) in [5.74, 6) is 0. The molecule has 1 aliphatic rings.